The fraction of sp³-hybridized carbons (Fsp3) is 0.333. The van der Waals surface area contributed by atoms with Gasteiger partial charge in [0.05, 0.1) is 5.75 Å². The lowest BCUT2D eigenvalue weighted by Crippen LogP contribution is -2.30. The van der Waals surface area contributed by atoms with Crippen molar-refractivity contribution in [3.8, 4) is 0 Å². The number of carbonyl (C=O) groups is 1. The number of anilines is 1. The minimum absolute atomic E-state index is 0.0903. The van der Waals surface area contributed by atoms with Gasteiger partial charge in [-0.2, -0.15) is 0 Å². The first-order valence-corrected chi connectivity index (χ1v) is 10.2. The number of hydrogen-bond acceptors (Lipinski definition) is 5. The molecule has 0 N–H and O–H groups in total. The Kier molecular flexibility index (Phi) is 6.46. The highest BCUT2D eigenvalue weighted by Crippen LogP contribution is 2.23. The molecule has 7 heteroatoms. The van der Waals surface area contributed by atoms with E-state index in [-0.39, 0.29) is 5.91 Å². The van der Waals surface area contributed by atoms with Crippen LogP contribution in [0.1, 0.15) is 28.8 Å². The lowest BCUT2D eigenvalue weighted by Gasteiger charge is -2.20. The molecule has 3 aromatic rings. The van der Waals surface area contributed by atoms with Crippen LogP contribution in [0.4, 0.5) is 5.69 Å². The van der Waals surface area contributed by atoms with Crippen LogP contribution in [0.25, 0.3) is 0 Å². The van der Waals surface area contributed by atoms with E-state index in [1.54, 1.807) is 28.9 Å². The number of thioether (sulfide) groups is 1. The van der Waals surface area contributed by atoms with Crippen molar-refractivity contribution < 1.29 is 9.21 Å². The Morgan fingerprint density at radius 1 is 1.18 bits per heavy atom. The molecule has 0 aliphatic heterocycles. The molecule has 2 aromatic heterocycles. The summed E-state index contributed by atoms with van der Waals surface area (Å²) in [6.45, 7) is 3.15. The van der Waals surface area contributed by atoms with Gasteiger partial charge >= 0.3 is 0 Å². The molecule has 0 aliphatic carbocycles. The van der Waals surface area contributed by atoms with Crippen molar-refractivity contribution in [3.05, 3.63) is 65.9 Å². The van der Waals surface area contributed by atoms with Gasteiger partial charge in [0.15, 0.2) is 10.9 Å². The molecule has 0 aliphatic rings. The van der Waals surface area contributed by atoms with Gasteiger partial charge in [-0.15, -0.1) is 0 Å². The normalized spacial score (nSPS) is 10.9. The number of nitrogens with zero attached hydrogens (tertiary/aromatic N) is 4. The van der Waals surface area contributed by atoms with E-state index >= 15 is 0 Å². The van der Waals surface area contributed by atoms with Crippen molar-refractivity contribution in [3.63, 3.8) is 0 Å². The second-order valence-corrected chi connectivity index (χ2v) is 7.70. The first-order chi connectivity index (χ1) is 13.5. The van der Waals surface area contributed by atoms with Gasteiger partial charge in [0.1, 0.15) is 5.76 Å². The van der Waals surface area contributed by atoms with Crippen LogP contribution in [-0.4, -0.2) is 41.0 Å². The molecule has 6 nitrogen and oxygen atoms in total. The van der Waals surface area contributed by atoms with Crippen molar-refractivity contribution in [1.82, 2.24) is 14.5 Å². The zero-order valence-corrected chi connectivity index (χ0v) is 17.6. The summed E-state index contributed by atoms with van der Waals surface area (Å²) in [6, 6.07) is 11.9. The zero-order chi connectivity index (χ0) is 20.1. The highest BCUT2D eigenvalue weighted by atomic mass is 32.2. The summed E-state index contributed by atoms with van der Waals surface area (Å²) in [7, 11) is 5.98. The summed E-state index contributed by atoms with van der Waals surface area (Å²) in [4.78, 5) is 21.0. The molecule has 0 atom stereocenters. The van der Waals surface area contributed by atoms with Crippen LogP contribution in [0.5, 0.6) is 0 Å². The minimum atomic E-state index is -0.0903. The highest BCUT2D eigenvalue weighted by Gasteiger charge is 2.18. The van der Waals surface area contributed by atoms with Gasteiger partial charge < -0.3 is 18.8 Å². The first-order valence-electron chi connectivity index (χ1n) is 9.22. The van der Waals surface area contributed by atoms with E-state index in [4.69, 9.17) is 4.42 Å². The maximum atomic E-state index is 12.9. The van der Waals surface area contributed by atoms with Crippen molar-refractivity contribution in [2.45, 2.75) is 24.4 Å². The van der Waals surface area contributed by atoms with Gasteiger partial charge in [0.2, 0.25) is 0 Å². The Hall–Kier alpha value is -2.67. The maximum Gasteiger partial charge on any atom is 0.289 e. The van der Waals surface area contributed by atoms with Crippen molar-refractivity contribution in [1.29, 1.82) is 0 Å². The molecule has 0 fully saturated rings. The average Bonchev–Trinajstić information content (AvgIpc) is 3.33. The topological polar surface area (TPSA) is 54.5 Å². The molecular formula is C21H26N4O2S. The fourth-order valence-corrected chi connectivity index (χ4v) is 3.63. The number of furan rings is 1. The van der Waals surface area contributed by atoms with Crippen LogP contribution < -0.4 is 4.90 Å². The lowest BCUT2D eigenvalue weighted by atomic mass is 10.2. The van der Waals surface area contributed by atoms with Gasteiger partial charge in [0.25, 0.3) is 5.91 Å². The number of aryl methyl sites for hydroxylation is 1. The number of rotatable bonds is 8. The van der Waals surface area contributed by atoms with Gasteiger partial charge in [-0.1, -0.05) is 23.9 Å². The van der Waals surface area contributed by atoms with Gasteiger partial charge in [0, 0.05) is 52.3 Å². The molecule has 3 rings (SSSR count). The van der Waals surface area contributed by atoms with E-state index in [1.807, 2.05) is 44.9 Å². The van der Waals surface area contributed by atoms with Crippen molar-refractivity contribution in [2.24, 2.45) is 7.05 Å². The SMILES string of the molecule is CCN(Cc1ccc(N(C)C)cc1)C(=O)c1ccc(CSc2nccn2C)o1. The molecule has 0 radical (unpaired) electrons. The molecule has 0 unspecified atom stereocenters. The Balaban J connectivity index is 1.62. The van der Waals surface area contributed by atoms with E-state index in [0.717, 1.165) is 22.2 Å². The number of aromatic nitrogens is 2. The molecule has 1 amide bonds. The van der Waals surface area contributed by atoms with Crippen LogP contribution in [-0.2, 0) is 19.3 Å². The van der Waals surface area contributed by atoms with E-state index in [1.165, 1.54) is 0 Å². The number of imidazole rings is 1. The van der Waals surface area contributed by atoms with E-state index in [2.05, 4.69) is 34.1 Å². The van der Waals surface area contributed by atoms with Crippen molar-refractivity contribution >= 4 is 23.4 Å². The predicted octanol–water partition coefficient (Wildman–Crippen LogP) is 4.03. The summed E-state index contributed by atoms with van der Waals surface area (Å²) in [5.74, 6) is 1.69. The Morgan fingerprint density at radius 2 is 1.93 bits per heavy atom. The third-order valence-electron chi connectivity index (χ3n) is 4.49. The number of carbonyl (C=O) groups excluding carboxylic acids is 1. The summed E-state index contributed by atoms with van der Waals surface area (Å²) in [6.07, 6.45) is 3.67. The second-order valence-electron chi connectivity index (χ2n) is 6.76. The number of amides is 1. The van der Waals surface area contributed by atoms with Crippen LogP contribution in [0.2, 0.25) is 0 Å². The van der Waals surface area contributed by atoms with Gasteiger partial charge in [-0.3, -0.25) is 4.79 Å². The standard InChI is InChI=1S/C21H26N4O2S/c1-5-25(14-16-6-8-17(9-7-16)23(2)3)20(26)19-11-10-18(27-19)15-28-21-22-12-13-24(21)4/h6-13H,5,14-15H2,1-4H3. The van der Waals surface area contributed by atoms with Crippen LogP contribution in [0.3, 0.4) is 0 Å². The molecule has 2 heterocycles. The molecule has 0 spiro atoms. The number of benzene rings is 1. The Bertz CT molecular complexity index is 915. The molecule has 0 bridgehead atoms. The van der Waals surface area contributed by atoms with Gasteiger partial charge in [-0.25, -0.2) is 4.98 Å². The predicted molar refractivity (Wildman–Crippen MR) is 113 cm³/mol. The van der Waals surface area contributed by atoms with E-state index in [9.17, 15) is 4.79 Å². The number of hydrogen-bond donors (Lipinski definition) is 0. The quantitative estimate of drug-likeness (QED) is 0.536. The summed E-state index contributed by atoms with van der Waals surface area (Å²) in [5, 5.41) is 0.917. The first kappa shape index (κ1) is 20.1. The second kappa shape index (κ2) is 9.01. The molecular weight excluding hydrogens is 372 g/mol. The fourth-order valence-electron chi connectivity index (χ4n) is 2.80. The Labute approximate surface area is 170 Å². The Morgan fingerprint density at radius 3 is 2.54 bits per heavy atom. The zero-order valence-electron chi connectivity index (χ0n) is 16.8. The highest BCUT2D eigenvalue weighted by molar-refractivity contribution is 7.98. The molecule has 1 aromatic carbocycles. The van der Waals surface area contributed by atoms with E-state index < -0.39 is 0 Å². The van der Waals surface area contributed by atoms with Gasteiger partial charge in [-0.05, 0) is 36.8 Å². The minimum Gasteiger partial charge on any atom is -0.455 e. The lowest BCUT2D eigenvalue weighted by molar-refractivity contribution is 0.0719. The third-order valence-corrected chi connectivity index (χ3v) is 5.57. The smallest absolute Gasteiger partial charge is 0.289 e. The molecule has 148 valence electrons. The summed E-state index contributed by atoms with van der Waals surface area (Å²) in [5.41, 5.74) is 2.23. The summed E-state index contributed by atoms with van der Waals surface area (Å²) >= 11 is 1.58. The maximum absolute atomic E-state index is 12.9. The van der Waals surface area contributed by atoms with Crippen LogP contribution in [0.15, 0.2) is 58.4 Å². The molecule has 28 heavy (non-hydrogen) atoms. The molecule has 0 saturated heterocycles. The summed E-state index contributed by atoms with van der Waals surface area (Å²) < 4.78 is 7.76. The largest absolute Gasteiger partial charge is 0.455 e. The monoisotopic (exact) mass is 398 g/mol. The third kappa shape index (κ3) is 4.78. The van der Waals surface area contributed by atoms with E-state index in [0.29, 0.717) is 24.6 Å². The average molecular weight is 399 g/mol. The van der Waals surface area contributed by atoms with Crippen LogP contribution >= 0.6 is 11.8 Å². The molecule has 0 saturated carbocycles. The van der Waals surface area contributed by atoms with Crippen LogP contribution in [0, 0.1) is 0 Å². The van der Waals surface area contributed by atoms with Crippen molar-refractivity contribution in [2.75, 3.05) is 25.5 Å².